The van der Waals surface area contributed by atoms with Gasteiger partial charge in [0.2, 0.25) is 11.8 Å². The number of hydrogen-bond acceptors (Lipinski definition) is 6. The molecule has 31 heavy (non-hydrogen) atoms. The minimum atomic E-state index is -4.70. The van der Waals surface area contributed by atoms with Crippen molar-refractivity contribution in [1.29, 1.82) is 0 Å². The number of carbonyl (C=O) groups is 1. The molecule has 3 aromatic rings. The zero-order chi connectivity index (χ0) is 22.8. The van der Waals surface area contributed by atoms with Crippen LogP contribution in [0.25, 0.3) is 11.1 Å². The standard InChI is InChI=1S/C21H19F3N2O5/c1-11-25-26-20(31-11)16(9-18(28)29)13-6-14(8-15(7-13)21(22,23)24)19-12(10-27)4-3-5-17(19)30-2/h3-8,16,27H,9-10H2,1-2H3,(H,28,29). The van der Waals surface area contributed by atoms with Crippen LogP contribution >= 0.6 is 0 Å². The van der Waals surface area contributed by atoms with Gasteiger partial charge < -0.3 is 19.4 Å². The lowest BCUT2D eigenvalue weighted by Gasteiger charge is -2.19. The third kappa shape index (κ3) is 4.85. The average Bonchev–Trinajstić information content (AvgIpc) is 3.16. The molecule has 2 N–H and O–H groups in total. The molecule has 3 rings (SSSR count). The zero-order valence-corrected chi connectivity index (χ0v) is 16.6. The van der Waals surface area contributed by atoms with Gasteiger partial charge in [0.15, 0.2) is 0 Å². The van der Waals surface area contributed by atoms with Gasteiger partial charge in [-0.05, 0) is 34.9 Å². The largest absolute Gasteiger partial charge is 0.496 e. The summed E-state index contributed by atoms with van der Waals surface area (Å²) in [5.74, 6) is -2.03. The van der Waals surface area contributed by atoms with E-state index in [2.05, 4.69) is 10.2 Å². The number of aromatic nitrogens is 2. The van der Waals surface area contributed by atoms with Crippen LogP contribution < -0.4 is 4.74 Å². The van der Waals surface area contributed by atoms with Crippen molar-refractivity contribution in [2.24, 2.45) is 0 Å². The number of ether oxygens (including phenoxy) is 1. The molecule has 10 heteroatoms. The van der Waals surface area contributed by atoms with Crippen molar-refractivity contribution >= 4 is 5.97 Å². The van der Waals surface area contributed by atoms with Gasteiger partial charge in [-0.25, -0.2) is 0 Å². The van der Waals surface area contributed by atoms with E-state index in [1.165, 1.54) is 20.1 Å². The van der Waals surface area contributed by atoms with E-state index in [4.69, 9.17) is 9.15 Å². The number of benzene rings is 2. The summed E-state index contributed by atoms with van der Waals surface area (Å²) < 4.78 is 51.8. The molecule has 164 valence electrons. The maximum absolute atomic E-state index is 13.7. The summed E-state index contributed by atoms with van der Waals surface area (Å²) in [4.78, 5) is 11.4. The molecule has 1 heterocycles. The van der Waals surface area contributed by atoms with E-state index in [-0.39, 0.29) is 34.2 Å². The van der Waals surface area contributed by atoms with E-state index >= 15 is 0 Å². The monoisotopic (exact) mass is 436 g/mol. The molecule has 1 unspecified atom stereocenters. The van der Waals surface area contributed by atoms with Gasteiger partial charge in [-0.3, -0.25) is 4.79 Å². The molecule has 0 spiro atoms. The number of nitrogens with zero attached hydrogens (tertiary/aromatic N) is 2. The number of rotatable bonds is 7. The van der Waals surface area contributed by atoms with Crippen LogP contribution in [0.4, 0.5) is 13.2 Å². The van der Waals surface area contributed by atoms with Gasteiger partial charge in [-0.15, -0.1) is 10.2 Å². The normalized spacial score (nSPS) is 12.6. The number of carboxylic acid groups (broad SMARTS) is 1. The third-order valence-electron chi connectivity index (χ3n) is 4.69. The van der Waals surface area contributed by atoms with Gasteiger partial charge in [0.1, 0.15) is 5.75 Å². The first-order chi connectivity index (χ1) is 14.6. The smallest absolute Gasteiger partial charge is 0.416 e. The van der Waals surface area contributed by atoms with Crippen molar-refractivity contribution < 1.29 is 37.3 Å². The Morgan fingerprint density at radius 3 is 2.52 bits per heavy atom. The second-order valence-corrected chi connectivity index (χ2v) is 6.80. The highest BCUT2D eigenvalue weighted by Gasteiger charge is 2.34. The van der Waals surface area contributed by atoms with Crippen molar-refractivity contribution in [2.45, 2.75) is 32.0 Å². The van der Waals surface area contributed by atoms with Crippen molar-refractivity contribution in [3.8, 4) is 16.9 Å². The van der Waals surface area contributed by atoms with E-state index in [1.54, 1.807) is 18.2 Å². The van der Waals surface area contributed by atoms with Crippen LogP contribution in [-0.2, 0) is 17.6 Å². The lowest BCUT2D eigenvalue weighted by Crippen LogP contribution is -2.12. The quantitative estimate of drug-likeness (QED) is 0.573. The van der Waals surface area contributed by atoms with Gasteiger partial charge in [0.25, 0.3) is 0 Å². The summed E-state index contributed by atoms with van der Waals surface area (Å²) in [6.45, 7) is 1.06. The Hall–Kier alpha value is -3.40. The Labute approximate surface area is 175 Å². The Morgan fingerprint density at radius 1 is 1.23 bits per heavy atom. The number of aryl methyl sites for hydroxylation is 1. The fourth-order valence-corrected chi connectivity index (χ4v) is 3.34. The van der Waals surface area contributed by atoms with E-state index in [1.807, 2.05) is 0 Å². The molecule has 0 aliphatic rings. The van der Waals surface area contributed by atoms with Crippen LogP contribution in [-0.4, -0.2) is 33.5 Å². The Balaban J connectivity index is 2.29. The number of aliphatic hydroxyl groups is 1. The molecule has 0 fully saturated rings. The number of carboxylic acids is 1. The zero-order valence-electron chi connectivity index (χ0n) is 16.6. The molecule has 0 saturated carbocycles. The molecule has 0 aliphatic carbocycles. The van der Waals surface area contributed by atoms with Crippen molar-refractivity contribution in [2.75, 3.05) is 7.11 Å². The molecule has 1 aromatic heterocycles. The van der Waals surface area contributed by atoms with Gasteiger partial charge in [0, 0.05) is 12.5 Å². The summed E-state index contributed by atoms with van der Waals surface area (Å²) in [6, 6.07) is 7.94. The first-order valence-electron chi connectivity index (χ1n) is 9.15. The van der Waals surface area contributed by atoms with Gasteiger partial charge in [-0.1, -0.05) is 18.2 Å². The second kappa shape index (κ2) is 8.76. The van der Waals surface area contributed by atoms with Crippen LogP contribution in [0.2, 0.25) is 0 Å². The maximum atomic E-state index is 13.7. The molecular formula is C21H19F3N2O5. The highest BCUT2D eigenvalue weighted by molar-refractivity contribution is 5.76. The number of alkyl halides is 3. The molecule has 1 atom stereocenters. The predicted octanol–water partition coefficient (Wildman–Crippen LogP) is 4.17. The second-order valence-electron chi connectivity index (χ2n) is 6.80. The van der Waals surface area contributed by atoms with Crippen LogP contribution in [0, 0.1) is 6.92 Å². The lowest BCUT2D eigenvalue weighted by molar-refractivity contribution is -0.138. The first-order valence-corrected chi connectivity index (χ1v) is 9.15. The Bertz CT molecular complexity index is 1070. The molecule has 0 radical (unpaired) electrons. The molecule has 0 saturated heterocycles. The molecule has 7 nitrogen and oxygen atoms in total. The fraction of sp³-hybridized carbons (Fsp3) is 0.286. The summed E-state index contributed by atoms with van der Waals surface area (Å²) in [5.41, 5.74) is -0.214. The van der Waals surface area contributed by atoms with Crippen LogP contribution in [0.3, 0.4) is 0 Å². The minimum Gasteiger partial charge on any atom is -0.496 e. The van der Waals surface area contributed by atoms with Crippen molar-refractivity contribution in [1.82, 2.24) is 10.2 Å². The van der Waals surface area contributed by atoms with Crippen LogP contribution in [0.15, 0.2) is 40.8 Å². The van der Waals surface area contributed by atoms with E-state index in [0.29, 0.717) is 5.56 Å². The van der Waals surface area contributed by atoms with Crippen molar-refractivity contribution in [3.05, 3.63) is 64.9 Å². The summed E-state index contributed by atoms with van der Waals surface area (Å²) in [5, 5.41) is 26.5. The van der Waals surface area contributed by atoms with Gasteiger partial charge in [-0.2, -0.15) is 13.2 Å². The SMILES string of the molecule is COc1cccc(CO)c1-c1cc(C(CC(=O)O)c2nnc(C)o2)cc(C(F)(F)F)c1. The number of hydrogen-bond donors (Lipinski definition) is 2. The van der Waals surface area contributed by atoms with Crippen LogP contribution in [0.5, 0.6) is 5.75 Å². The summed E-state index contributed by atoms with van der Waals surface area (Å²) in [6.07, 6.45) is -5.26. The highest BCUT2D eigenvalue weighted by atomic mass is 19.4. The van der Waals surface area contributed by atoms with Crippen molar-refractivity contribution in [3.63, 3.8) is 0 Å². The lowest BCUT2D eigenvalue weighted by atomic mass is 9.89. The average molecular weight is 436 g/mol. The maximum Gasteiger partial charge on any atom is 0.416 e. The number of halogens is 3. The number of methoxy groups -OCH3 is 1. The first kappa shape index (κ1) is 22.3. The van der Waals surface area contributed by atoms with E-state index in [9.17, 15) is 28.2 Å². The summed E-state index contributed by atoms with van der Waals surface area (Å²) in [7, 11) is 1.36. The molecule has 0 amide bonds. The van der Waals surface area contributed by atoms with E-state index in [0.717, 1.165) is 12.1 Å². The Kier molecular flexibility index (Phi) is 6.30. The molecule has 0 aliphatic heterocycles. The minimum absolute atomic E-state index is 0.0330. The number of aliphatic carboxylic acids is 1. The molecule has 0 bridgehead atoms. The molecular weight excluding hydrogens is 417 g/mol. The highest BCUT2D eigenvalue weighted by Crippen LogP contribution is 2.41. The predicted molar refractivity (Wildman–Crippen MR) is 102 cm³/mol. The number of aliphatic hydroxyl groups excluding tert-OH is 1. The topological polar surface area (TPSA) is 106 Å². The Morgan fingerprint density at radius 2 is 1.97 bits per heavy atom. The molecule has 2 aromatic carbocycles. The summed E-state index contributed by atoms with van der Waals surface area (Å²) >= 11 is 0. The van der Waals surface area contributed by atoms with Gasteiger partial charge >= 0.3 is 12.1 Å². The van der Waals surface area contributed by atoms with E-state index < -0.39 is 36.7 Å². The van der Waals surface area contributed by atoms with Crippen LogP contribution in [0.1, 0.15) is 40.8 Å². The fourth-order valence-electron chi connectivity index (χ4n) is 3.34. The van der Waals surface area contributed by atoms with Gasteiger partial charge in [0.05, 0.1) is 31.6 Å². The third-order valence-corrected chi connectivity index (χ3v) is 4.69.